The molecule has 0 spiro atoms. The molecule has 1 saturated heterocycles. The maximum atomic E-state index is 12.7. The Morgan fingerprint density at radius 1 is 0.870 bits per heavy atom. The number of anilines is 1. The van der Waals surface area contributed by atoms with Crippen molar-refractivity contribution >= 4 is 38.9 Å². The van der Waals surface area contributed by atoms with Gasteiger partial charge < -0.3 is 4.90 Å². The number of piperazine rings is 1. The molecule has 1 heterocycles. The fourth-order valence-electron chi connectivity index (χ4n) is 2.65. The van der Waals surface area contributed by atoms with Crippen LogP contribution in [0.1, 0.15) is 0 Å². The van der Waals surface area contributed by atoms with Crippen molar-refractivity contribution in [3.8, 4) is 0 Å². The molecule has 0 N–H and O–H groups in total. The molecule has 1 fully saturated rings. The highest BCUT2D eigenvalue weighted by Crippen LogP contribution is 2.26. The molecule has 0 bridgehead atoms. The molecule has 1 aliphatic rings. The van der Waals surface area contributed by atoms with Crippen molar-refractivity contribution in [1.82, 2.24) is 4.31 Å². The van der Waals surface area contributed by atoms with Crippen LogP contribution in [0, 0.1) is 0 Å². The summed E-state index contributed by atoms with van der Waals surface area (Å²) >= 11 is 12.1. The van der Waals surface area contributed by atoms with E-state index in [4.69, 9.17) is 23.2 Å². The smallest absolute Gasteiger partial charge is 0.244 e. The Balaban J connectivity index is 1.75. The Morgan fingerprint density at radius 3 is 2.22 bits per heavy atom. The van der Waals surface area contributed by atoms with Gasteiger partial charge >= 0.3 is 0 Å². The lowest BCUT2D eigenvalue weighted by atomic mass is 10.2. The topological polar surface area (TPSA) is 40.6 Å². The van der Waals surface area contributed by atoms with Crippen molar-refractivity contribution in [2.24, 2.45) is 0 Å². The summed E-state index contributed by atoms with van der Waals surface area (Å²) in [5, 5.41) is 0.929. The zero-order valence-corrected chi connectivity index (χ0v) is 14.7. The third-order valence-electron chi connectivity index (χ3n) is 3.87. The van der Waals surface area contributed by atoms with Gasteiger partial charge in [-0.1, -0.05) is 41.4 Å². The highest BCUT2D eigenvalue weighted by molar-refractivity contribution is 7.89. The van der Waals surface area contributed by atoms with Gasteiger partial charge in [0.25, 0.3) is 0 Å². The predicted molar refractivity (Wildman–Crippen MR) is 93.9 cm³/mol. The zero-order chi connectivity index (χ0) is 16.4. The van der Waals surface area contributed by atoms with Crippen LogP contribution in [0.25, 0.3) is 0 Å². The molecule has 2 aromatic carbocycles. The van der Waals surface area contributed by atoms with E-state index in [9.17, 15) is 8.42 Å². The van der Waals surface area contributed by atoms with E-state index in [1.807, 2.05) is 24.3 Å². The molecule has 0 unspecified atom stereocenters. The van der Waals surface area contributed by atoms with E-state index in [0.717, 1.165) is 5.69 Å². The molecule has 1 aliphatic heterocycles. The number of hydrogen-bond acceptors (Lipinski definition) is 3. The van der Waals surface area contributed by atoms with Crippen molar-refractivity contribution in [2.45, 2.75) is 4.90 Å². The highest BCUT2D eigenvalue weighted by Gasteiger charge is 2.29. The normalized spacial score (nSPS) is 16.5. The van der Waals surface area contributed by atoms with Gasteiger partial charge in [-0.05, 0) is 30.3 Å². The van der Waals surface area contributed by atoms with Crippen molar-refractivity contribution in [2.75, 3.05) is 31.1 Å². The second kappa shape index (κ2) is 6.69. The minimum atomic E-state index is -3.56. The minimum absolute atomic E-state index is 0.165. The van der Waals surface area contributed by atoms with E-state index in [1.165, 1.54) is 4.31 Å². The Labute approximate surface area is 146 Å². The summed E-state index contributed by atoms with van der Waals surface area (Å²) in [6.45, 7) is 2.06. The molecular weight excluding hydrogens is 355 g/mol. The summed E-state index contributed by atoms with van der Waals surface area (Å²) in [7, 11) is -3.56. The number of benzene rings is 2. The van der Waals surface area contributed by atoms with Crippen LogP contribution in [-0.2, 0) is 10.0 Å². The summed E-state index contributed by atoms with van der Waals surface area (Å²) in [5.41, 5.74) is 1.01. The maximum absolute atomic E-state index is 12.7. The summed E-state index contributed by atoms with van der Waals surface area (Å²) < 4.78 is 26.9. The lowest BCUT2D eigenvalue weighted by molar-refractivity contribution is 0.385. The van der Waals surface area contributed by atoms with Gasteiger partial charge in [-0.25, -0.2) is 8.42 Å². The van der Waals surface area contributed by atoms with Crippen molar-refractivity contribution in [3.05, 3.63) is 58.6 Å². The molecule has 0 amide bonds. The molecule has 4 nitrogen and oxygen atoms in total. The van der Waals surface area contributed by atoms with E-state index < -0.39 is 10.0 Å². The van der Waals surface area contributed by atoms with E-state index in [0.29, 0.717) is 31.2 Å². The molecule has 3 rings (SSSR count). The van der Waals surface area contributed by atoms with Gasteiger partial charge in [0.15, 0.2) is 0 Å². The summed E-state index contributed by atoms with van der Waals surface area (Å²) in [6, 6.07) is 14.1. The highest BCUT2D eigenvalue weighted by atomic mass is 35.5. The average Bonchev–Trinajstić information content (AvgIpc) is 2.55. The first-order chi connectivity index (χ1) is 11.0. The number of rotatable bonds is 3. The van der Waals surface area contributed by atoms with Gasteiger partial charge in [-0.15, -0.1) is 0 Å². The minimum Gasteiger partial charge on any atom is -0.369 e. The Hall–Kier alpha value is -1.27. The van der Waals surface area contributed by atoms with E-state index in [2.05, 4.69) is 4.90 Å². The monoisotopic (exact) mass is 370 g/mol. The quantitative estimate of drug-likeness (QED) is 0.829. The molecule has 23 heavy (non-hydrogen) atoms. The van der Waals surface area contributed by atoms with Crippen LogP contribution >= 0.6 is 23.2 Å². The van der Waals surface area contributed by atoms with Crippen molar-refractivity contribution in [1.29, 1.82) is 0 Å². The van der Waals surface area contributed by atoms with E-state index in [1.54, 1.807) is 24.3 Å². The maximum Gasteiger partial charge on any atom is 0.244 e. The van der Waals surface area contributed by atoms with Crippen LogP contribution in [-0.4, -0.2) is 38.9 Å². The van der Waals surface area contributed by atoms with Gasteiger partial charge in [0, 0.05) is 36.9 Å². The lowest BCUT2D eigenvalue weighted by Gasteiger charge is -2.35. The molecule has 0 radical (unpaired) electrons. The summed E-state index contributed by atoms with van der Waals surface area (Å²) in [5.74, 6) is 0. The summed E-state index contributed by atoms with van der Waals surface area (Å²) in [6.07, 6.45) is 0. The molecule has 0 aromatic heterocycles. The first-order valence-corrected chi connectivity index (χ1v) is 9.43. The van der Waals surface area contributed by atoms with E-state index in [-0.39, 0.29) is 9.92 Å². The van der Waals surface area contributed by atoms with Gasteiger partial charge in [-0.3, -0.25) is 0 Å². The van der Waals surface area contributed by atoms with Gasteiger partial charge in [0.2, 0.25) is 10.0 Å². The third-order valence-corrected chi connectivity index (χ3v) is 6.50. The molecule has 0 atom stereocenters. The Kier molecular flexibility index (Phi) is 4.82. The molecule has 0 aliphatic carbocycles. The van der Waals surface area contributed by atoms with E-state index >= 15 is 0 Å². The van der Waals surface area contributed by atoms with Crippen molar-refractivity contribution < 1.29 is 8.42 Å². The first-order valence-electron chi connectivity index (χ1n) is 7.24. The number of halogens is 2. The lowest BCUT2D eigenvalue weighted by Crippen LogP contribution is -2.48. The fraction of sp³-hybridized carbons (Fsp3) is 0.250. The molecule has 122 valence electrons. The van der Waals surface area contributed by atoms with Crippen molar-refractivity contribution in [3.63, 3.8) is 0 Å². The van der Waals surface area contributed by atoms with Crippen LogP contribution in [0.5, 0.6) is 0 Å². The number of nitrogens with zero attached hydrogens (tertiary/aromatic N) is 2. The van der Waals surface area contributed by atoms with Gasteiger partial charge in [-0.2, -0.15) is 4.31 Å². The standard InChI is InChI=1S/C16H16Cl2N2O2S/c17-13-4-3-5-14(12-13)19-8-10-20(11-9-19)23(21,22)16-7-2-1-6-15(16)18/h1-7,12H,8-11H2. The molecule has 2 aromatic rings. The largest absolute Gasteiger partial charge is 0.369 e. The Bertz CT molecular complexity index is 803. The number of hydrogen-bond donors (Lipinski definition) is 0. The van der Waals surface area contributed by atoms with Crippen LogP contribution in [0.3, 0.4) is 0 Å². The molecule has 0 saturated carbocycles. The van der Waals surface area contributed by atoms with Gasteiger partial charge in [0.1, 0.15) is 4.90 Å². The molecular formula is C16H16Cl2N2O2S. The van der Waals surface area contributed by atoms with Crippen LogP contribution < -0.4 is 4.90 Å². The van der Waals surface area contributed by atoms with Crippen LogP contribution in [0.15, 0.2) is 53.4 Å². The van der Waals surface area contributed by atoms with Crippen LogP contribution in [0.4, 0.5) is 5.69 Å². The summed E-state index contributed by atoms with van der Waals surface area (Å²) in [4.78, 5) is 2.29. The average molecular weight is 371 g/mol. The second-order valence-corrected chi connectivity index (χ2v) is 8.05. The first kappa shape index (κ1) is 16.6. The third kappa shape index (κ3) is 3.48. The van der Waals surface area contributed by atoms with Gasteiger partial charge in [0.05, 0.1) is 5.02 Å². The predicted octanol–water partition coefficient (Wildman–Crippen LogP) is 3.50. The van der Waals surface area contributed by atoms with Crippen LogP contribution in [0.2, 0.25) is 10.0 Å². The Morgan fingerprint density at radius 2 is 1.57 bits per heavy atom. The second-order valence-electron chi connectivity index (χ2n) is 5.30. The fourth-order valence-corrected chi connectivity index (χ4v) is 4.75. The number of sulfonamides is 1. The molecule has 7 heteroatoms. The zero-order valence-electron chi connectivity index (χ0n) is 12.3. The SMILES string of the molecule is O=S(=O)(c1ccccc1Cl)N1CCN(c2cccc(Cl)c2)CC1.